The van der Waals surface area contributed by atoms with Gasteiger partial charge in [0.1, 0.15) is 5.58 Å². The highest BCUT2D eigenvalue weighted by Gasteiger charge is 2.42. The molecule has 1 atom stereocenters. The van der Waals surface area contributed by atoms with Gasteiger partial charge < -0.3 is 23.5 Å². The Kier molecular flexibility index (Phi) is 6.70. The molecule has 0 radical (unpaired) electrons. The number of hydrogen-bond donors (Lipinski definition) is 0. The van der Waals surface area contributed by atoms with Crippen LogP contribution in [0.1, 0.15) is 48.0 Å². The fourth-order valence-corrected chi connectivity index (χ4v) is 4.15. The molecule has 0 bridgehead atoms. The average molecular weight is 452 g/mol. The minimum absolute atomic E-state index is 0.0974. The third-order valence-electron chi connectivity index (χ3n) is 5.70. The molecule has 0 fully saturated rings. The normalized spacial score (nSPS) is 15.4. The maximum Gasteiger partial charge on any atom is 0.290 e. The molecule has 174 valence electrons. The third-order valence-corrected chi connectivity index (χ3v) is 5.70. The second kappa shape index (κ2) is 9.67. The molecular formula is C26H29NO6. The molecule has 3 aromatic rings. The topological polar surface area (TPSA) is 78.2 Å². The Morgan fingerprint density at radius 2 is 1.85 bits per heavy atom. The lowest BCUT2D eigenvalue weighted by Crippen LogP contribution is -2.31. The van der Waals surface area contributed by atoms with Crippen LogP contribution in [0.25, 0.3) is 11.0 Å². The highest BCUT2D eigenvalue weighted by atomic mass is 16.5. The monoisotopic (exact) mass is 451 g/mol. The summed E-state index contributed by atoms with van der Waals surface area (Å²) in [6.45, 7) is 5.62. The lowest BCUT2D eigenvalue weighted by Gasteiger charge is -2.25. The second-order valence-corrected chi connectivity index (χ2v) is 8.53. The molecule has 2 aromatic carbocycles. The van der Waals surface area contributed by atoms with E-state index in [0.717, 1.165) is 5.56 Å². The van der Waals surface area contributed by atoms with E-state index in [1.807, 2.05) is 18.2 Å². The Balaban J connectivity index is 1.83. The highest BCUT2D eigenvalue weighted by molar-refractivity contribution is 5.99. The minimum Gasteiger partial charge on any atom is -0.493 e. The smallest absolute Gasteiger partial charge is 0.290 e. The number of amides is 1. The Hall–Kier alpha value is -3.32. The number of nitrogens with zero attached hydrogens (tertiary/aromatic N) is 1. The molecule has 0 saturated carbocycles. The number of rotatable bonds is 9. The molecule has 1 aliphatic heterocycles. The fourth-order valence-electron chi connectivity index (χ4n) is 4.15. The van der Waals surface area contributed by atoms with Crippen molar-refractivity contribution in [3.05, 3.63) is 69.6 Å². The minimum atomic E-state index is -0.585. The summed E-state index contributed by atoms with van der Waals surface area (Å²) < 4.78 is 22.6. The van der Waals surface area contributed by atoms with Gasteiger partial charge in [0.15, 0.2) is 16.9 Å². The molecule has 2 heterocycles. The summed E-state index contributed by atoms with van der Waals surface area (Å²) in [6, 6.07) is 12.0. The van der Waals surface area contributed by atoms with Crippen LogP contribution < -0.4 is 14.9 Å². The molecule has 7 nitrogen and oxygen atoms in total. The Labute approximate surface area is 192 Å². The van der Waals surface area contributed by atoms with E-state index in [-0.39, 0.29) is 17.1 Å². The number of fused-ring (bicyclic) bond motifs is 2. The van der Waals surface area contributed by atoms with Crippen LogP contribution in [0.5, 0.6) is 11.5 Å². The van der Waals surface area contributed by atoms with Gasteiger partial charge in [-0.25, -0.2) is 0 Å². The molecule has 33 heavy (non-hydrogen) atoms. The second-order valence-electron chi connectivity index (χ2n) is 8.53. The van der Waals surface area contributed by atoms with E-state index in [4.69, 9.17) is 18.6 Å². The molecule has 1 unspecified atom stereocenters. The van der Waals surface area contributed by atoms with E-state index in [2.05, 4.69) is 13.8 Å². The third kappa shape index (κ3) is 4.33. The molecule has 0 N–H and O–H groups in total. The van der Waals surface area contributed by atoms with Crippen molar-refractivity contribution in [2.24, 2.45) is 5.92 Å². The van der Waals surface area contributed by atoms with E-state index in [9.17, 15) is 9.59 Å². The van der Waals surface area contributed by atoms with Crippen molar-refractivity contribution >= 4 is 16.9 Å². The summed E-state index contributed by atoms with van der Waals surface area (Å²) in [5.74, 6) is 1.34. The van der Waals surface area contributed by atoms with Crippen molar-refractivity contribution < 1.29 is 23.4 Å². The predicted molar refractivity (Wildman–Crippen MR) is 125 cm³/mol. The van der Waals surface area contributed by atoms with E-state index in [1.165, 1.54) is 0 Å². The standard InChI is InChI=1S/C26H29NO6/c1-16(2)15-32-20-11-10-17(14-21(20)31-4)23-22-24(28)18-8-5-6-9-19(18)33-25(22)26(29)27(23)12-7-13-30-3/h5-6,8-11,14,16,23H,7,12-13,15H2,1-4H3. The largest absolute Gasteiger partial charge is 0.493 e. The number of hydrogen-bond acceptors (Lipinski definition) is 6. The number of carbonyl (C=O) groups excluding carboxylic acids is 1. The molecule has 1 aromatic heterocycles. The van der Waals surface area contributed by atoms with Crippen LogP contribution >= 0.6 is 0 Å². The number of benzene rings is 2. The van der Waals surface area contributed by atoms with Crippen molar-refractivity contribution in [3.63, 3.8) is 0 Å². The predicted octanol–water partition coefficient (Wildman–Crippen LogP) is 4.42. The molecule has 0 saturated heterocycles. The SMILES string of the molecule is COCCCN1C(=O)c2oc3ccccc3c(=O)c2C1c1ccc(OCC(C)C)c(OC)c1. The molecule has 1 amide bonds. The maximum atomic E-state index is 13.5. The number of carbonyl (C=O) groups is 1. The van der Waals surface area contributed by atoms with Crippen molar-refractivity contribution in [3.8, 4) is 11.5 Å². The van der Waals surface area contributed by atoms with Crippen LogP contribution in [0.15, 0.2) is 51.7 Å². The van der Waals surface area contributed by atoms with Gasteiger partial charge in [-0.3, -0.25) is 9.59 Å². The molecule has 4 rings (SSSR count). The zero-order chi connectivity index (χ0) is 23.5. The first-order chi connectivity index (χ1) is 16.0. The molecule has 1 aliphatic rings. The summed E-state index contributed by atoms with van der Waals surface area (Å²) in [5.41, 5.74) is 1.32. The molecule has 0 spiro atoms. The van der Waals surface area contributed by atoms with Gasteiger partial charge in [0, 0.05) is 20.3 Å². The van der Waals surface area contributed by atoms with E-state index in [1.54, 1.807) is 43.4 Å². The number of ether oxygens (including phenoxy) is 3. The van der Waals surface area contributed by atoms with E-state index in [0.29, 0.717) is 60.1 Å². The van der Waals surface area contributed by atoms with Crippen molar-refractivity contribution in [2.75, 3.05) is 34.0 Å². The first kappa shape index (κ1) is 22.9. The van der Waals surface area contributed by atoms with E-state index >= 15 is 0 Å². The van der Waals surface area contributed by atoms with Gasteiger partial charge in [-0.15, -0.1) is 0 Å². The zero-order valence-electron chi connectivity index (χ0n) is 19.4. The van der Waals surface area contributed by atoms with Crippen LogP contribution in [0, 0.1) is 5.92 Å². The zero-order valence-corrected chi connectivity index (χ0v) is 19.4. The van der Waals surface area contributed by atoms with Crippen molar-refractivity contribution in [1.29, 1.82) is 0 Å². The van der Waals surface area contributed by atoms with Crippen molar-refractivity contribution in [2.45, 2.75) is 26.3 Å². The van der Waals surface area contributed by atoms with Gasteiger partial charge in [-0.05, 0) is 42.2 Å². The summed E-state index contributed by atoms with van der Waals surface area (Å²) in [5, 5.41) is 0.455. The van der Waals surface area contributed by atoms with Crippen LogP contribution in [-0.4, -0.2) is 44.8 Å². The van der Waals surface area contributed by atoms with Crippen molar-refractivity contribution in [1.82, 2.24) is 4.90 Å². The Morgan fingerprint density at radius 3 is 2.58 bits per heavy atom. The van der Waals surface area contributed by atoms with Gasteiger partial charge in [-0.2, -0.15) is 0 Å². The van der Waals surface area contributed by atoms with Crippen LogP contribution in [0.4, 0.5) is 0 Å². The van der Waals surface area contributed by atoms with E-state index < -0.39 is 6.04 Å². The highest BCUT2D eigenvalue weighted by Crippen LogP contribution is 2.41. The van der Waals surface area contributed by atoms with Gasteiger partial charge in [-0.1, -0.05) is 32.0 Å². The maximum absolute atomic E-state index is 13.5. The Bertz CT molecular complexity index is 1220. The lowest BCUT2D eigenvalue weighted by atomic mass is 9.98. The molecule has 0 aliphatic carbocycles. The molecular weight excluding hydrogens is 422 g/mol. The number of methoxy groups -OCH3 is 2. The van der Waals surface area contributed by atoms with Gasteiger partial charge >= 0.3 is 0 Å². The van der Waals surface area contributed by atoms with Gasteiger partial charge in [0.25, 0.3) is 5.91 Å². The average Bonchev–Trinajstić information content (AvgIpc) is 3.09. The summed E-state index contributed by atoms with van der Waals surface area (Å²) in [6.07, 6.45) is 0.632. The summed E-state index contributed by atoms with van der Waals surface area (Å²) >= 11 is 0. The fraction of sp³-hybridized carbons (Fsp3) is 0.385. The van der Waals surface area contributed by atoms with Crippen LogP contribution in [0.3, 0.4) is 0 Å². The van der Waals surface area contributed by atoms with Gasteiger partial charge in [0.05, 0.1) is 30.7 Å². The quantitative estimate of drug-likeness (QED) is 0.448. The van der Waals surface area contributed by atoms with Crippen LogP contribution in [0.2, 0.25) is 0 Å². The first-order valence-corrected chi connectivity index (χ1v) is 11.1. The Morgan fingerprint density at radius 1 is 1.06 bits per heavy atom. The summed E-state index contributed by atoms with van der Waals surface area (Å²) in [7, 11) is 3.20. The van der Waals surface area contributed by atoms with Crippen LogP contribution in [-0.2, 0) is 4.74 Å². The summed E-state index contributed by atoms with van der Waals surface area (Å²) in [4.78, 5) is 28.5. The van der Waals surface area contributed by atoms with Gasteiger partial charge in [0.2, 0.25) is 5.76 Å². The lowest BCUT2D eigenvalue weighted by molar-refractivity contribution is 0.0707. The molecule has 7 heteroatoms. The first-order valence-electron chi connectivity index (χ1n) is 11.1. The number of para-hydroxylation sites is 1.